The molecule has 4 aromatic rings. The molecule has 0 saturated carbocycles. The molecule has 1 atom stereocenters. The summed E-state index contributed by atoms with van der Waals surface area (Å²) in [5, 5.41) is 1.07. The fourth-order valence-electron chi connectivity index (χ4n) is 4.37. The Morgan fingerprint density at radius 2 is 1.77 bits per heavy atom. The lowest BCUT2D eigenvalue weighted by Gasteiger charge is -2.19. The number of anilines is 1. The van der Waals surface area contributed by atoms with Crippen molar-refractivity contribution in [2.75, 3.05) is 11.4 Å². The van der Waals surface area contributed by atoms with E-state index in [0.29, 0.717) is 29.6 Å². The number of carbonyl (C=O) groups is 1. The first kappa shape index (κ1) is 20.1. The fraction of sp³-hybridized carbons (Fsp3) is 0.200. The molecule has 1 amide bonds. The van der Waals surface area contributed by atoms with Gasteiger partial charge in [-0.05, 0) is 48.4 Å². The van der Waals surface area contributed by atoms with Crippen LogP contribution in [0.2, 0.25) is 10.0 Å². The molecule has 0 spiro atoms. The Kier molecular flexibility index (Phi) is 5.20. The molecule has 1 aliphatic rings. The first-order valence-corrected chi connectivity index (χ1v) is 11.0. The van der Waals surface area contributed by atoms with Crippen molar-refractivity contribution < 1.29 is 4.79 Å². The van der Waals surface area contributed by atoms with Crippen molar-refractivity contribution in [1.82, 2.24) is 9.55 Å². The van der Waals surface area contributed by atoms with E-state index in [9.17, 15) is 4.79 Å². The molecule has 2 heterocycles. The second-order valence-electron chi connectivity index (χ2n) is 7.99. The summed E-state index contributed by atoms with van der Waals surface area (Å²) in [6.45, 7) is 3.27. The molecule has 0 aliphatic carbocycles. The van der Waals surface area contributed by atoms with E-state index in [4.69, 9.17) is 28.2 Å². The van der Waals surface area contributed by atoms with E-state index in [1.54, 1.807) is 0 Å². The van der Waals surface area contributed by atoms with Crippen molar-refractivity contribution in [3.8, 4) is 0 Å². The van der Waals surface area contributed by atoms with Gasteiger partial charge in [-0.3, -0.25) is 4.79 Å². The first-order chi connectivity index (χ1) is 15.0. The normalized spacial score (nSPS) is 16.4. The van der Waals surface area contributed by atoms with Crippen molar-refractivity contribution in [1.29, 1.82) is 0 Å². The molecule has 31 heavy (non-hydrogen) atoms. The zero-order valence-corrected chi connectivity index (χ0v) is 18.6. The van der Waals surface area contributed by atoms with Gasteiger partial charge in [0.1, 0.15) is 5.82 Å². The highest BCUT2D eigenvalue weighted by molar-refractivity contribution is 6.42. The molecule has 3 aromatic carbocycles. The van der Waals surface area contributed by atoms with Crippen molar-refractivity contribution in [3.05, 3.63) is 93.7 Å². The quantitative estimate of drug-likeness (QED) is 0.370. The number of aryl methyl sites for hydroxylation is 1. The van der Waals surface area contributed by atoms with Crippen molar-refractivity contribution in [3.63, 3.8) is 0 Å². The third-order valence-electron chi connectivity index (χ3n) is 5.91. The van der Waals surface area contributed by atoms with E-state index in [1.165, 1.54) is 0 Å². The summed E-state index contributed by atoms with van der Waals surface area (Å²) >= 11 is 12.4. The van der Waals surface area contributed by atoms with Gasteiger partial charge >= 0.3 is 0 Å². The third kappa shape index (κ3) is 3.71. The van der Waals surface area contributed by atoms with Crippen LogP contribution in [0.3, 0.4) is 0 Å². The lowest BCUT2D eigenvalue weighted by atomic mass is 10.1. The Bertz CT molecular complexity index is 1300. The van der Waals surface area contributed by atoms with Crippen LogP contribution in [0.25, 0.3) is 11.0 Å². The summed E-state index contributed by atoms with van der Waals surface area (Å²) in [6, 6.07) is 21.8. The van der Waals surface area contributed by atoms with Crippen LogP contribution in [0.1, 0.15) is 29.3 Å². The molecule has 1 fully saturated rings. The van der Waals surface area contributed by atoms with E-state index in [-0.39, 0.29) is 11.8 Å². The Balaban J connectivity index is 1.54. The standard InChI is InChI=1S/C25H21Cl2N3O/c1-16-6-2-4-8-22(16)29-15-18(13-24(29)31)25-28-21-7-3-5-9-23(21)30(25)14-17-10-11-19(26)20(27)12-17/h2-12,18H,13-15H2,1H3/t18-/m0/s1. The Morgan fingerprint density at radius 1 is 1.00 bits per heavy atom. The number of imidazole rings is 1. The second kappa shape index (κ2) is 8.03. The summed E-state index contributed by atoms with van der Waals surface area (Å²) in [6.07, 6.45) is 0.443. The number of rotatable bonds is 4. The highest BCUT2D eigenvalue weighted by Crippen LogP contribution is 2.35. The number of nitrogens with zero attached hydrogens (tertiary/aromatic N) is 3. The summed E-state index contributed by atoms with van der Waals surface area (Å²) in [4.78, 5) is 19.8. The number of aromatic nitrogens is 2. The topological polar surface area (TPSA) is 38.1 Å². The van der Waals surface area contributed by atoms with E-state index < -0.39 is 0 Å². The van der Waals surface area contributed by atoms with Gasteiger partial charge in [0.25, 0.3) is 0 Å². The number of amides is 1. The lowest BCUT2D eigenvalue weighted by Crippen LogP contribution is -2.25. The molecular weight excluding hydrogens is 429 g/mol. The van der Waals surface area contributed by atoms with E-state index in [0.717, 1.165) is 33.7 Å². The maximum atomic E-state index is 12.9. The van der Waals surface area contributed by atoms with Gasteiger partial charge in [-0.25, -0.2) is 4.98 Å². The highest BCUT2D eigenvalue weighted by Gasteiger charge is 2.35. The average Bonchev–Trinajstić information content (AvgIpc) is 3.32. The van der Waals surface area contributed by atoms with E-state index in [1.807, 2.05) is 72.5 Å². The van der Waals surface area contributed by atoms with Gasteiger partial charge in [-0.1, -0.05) is 59.6 Å². The van der Waals surface area contributed by atoms with Crippen molar-refractivity contribution >= 4 is 45.8 Å². The van der Waals surface area contributed by atoms with Crippen LogP contribution in [-0.2, 0) is 11.3 Å². The number of hydrogen-bond donors (Lipinski definition) is 0. The van der Waals surface area contributed by atoms with Crippen LogP contribution in [0.5, 0.6) is 0 Å². The number of para-hydroxylation sites is 3. The number of carbonyl (C=O) groups excluding carboxylic acids is 1. The van der Waals surface area contributed by atoms with Crippen LogP contribution in [0.15, 0.2) is 66.7 Å². The predicted octanol–water partition coefficient (Wildman–Crippen LogP) is 6.22. The van der Waals surface area contributed by atoms with Gasteiger partial charge in [0.2, 0.25) is 5.91 Å². The summed E-state index contributed by atoms with van der Waals surface area (Å²) < 4.78 is 2.20. The summed E-state index contributed by atoms with van der Waals surface area (Å²) in [5.74, 6) is 1.08. The van der Waals surface area contributed by atoms with E-state index >= 15 is 0 Å². The molecule has 0 bridgehead atoms. The monoisotopic (exact) mass is 449 g/mol. The summed E-state index contributed by atoms with van der Waals surface area (Å²) in [5.41, 5.74) is 5.09. The molecule has 5 rings (SSSR count). The van der Waals surface area contributed by atoms with Gasteiger partial charge in [0, 0.05) is 31.1 Å². The van der Waals surface area contributed by atoms with Crippen LogP contribution in [0.4, 0.5) is 5.69 Å². The molecule has 6 heteroatoms. The maximum absolute atomic E-state index is 12.9. The SMILES string of the molecule is Cc1ccccc1N1C[C@@H](c2nc3ccccc3n2Cc2ccc(Cl)c(Cl)c2)CC1=O. The molecule has 0 N–H and O–H groups in total. The second-order valence-corrected chi connectivity index (χ2v) is 8.80. The third-order valence-corrected chi connectivity index (χ3v) is 6.64. The molecule has 1 aliphatic heterocycles. The van der Waals surface area contributed by atoms with Gasteiger partial charge in [0.15, 0.2) is 0 Å². The zero-order chi connectivity index (χ0) is 21.5. The number of hydrogen-bond acceptors (Lipinski definition) is 2. The minimum absolute atomic E-state index is 0.0160. The van der Waals surface area contributed by atoms with Gasteiger partial charge in [-0.2, -0.15) is 0 Å². The zero-order valence-electron chi connectivity index (χ0n) is 17.1. The average molecular weight is 450 g/mol. The summed E-state index contributed by atoms with van der Waals surface area (Å²) in [7, 11) is 0. The van der Waals surface area contributed by atoms with E-state index in [2.05, 4.69) is 10.6 Å². The smallest absolute Gasteiger partial charge is 0.227 e. The van der Waals surface area contributed by atoms with Crippen molar-refractivity contribution in [2.24, 2.45) is 0 Å². The van der Waals surface area contributed by atoms with Crippen LogP contribution in [0, 0.1) is 6.92 Å². The molecule has 4 nitrogen and oxygen atoms in total. The predicted molar refractivity (Wildman–Crippen MR) is 126 cm³/mol. The molecule has 1 saturated heterocycles. The first-order valence-electron chi connectivity index (χ1n) is 10.3. The Hall–Kier alpha value is -2.82. The molecule has 0 radical (unpaired) electrons. The van der Waals surface area contributed by atoms with Crippen molar-refractivity contribution in [2.45, 2.75) is 25.8 Å². The van der Waals surface area contributed by atoms with Gasteiger partial charge < -0.3 is 9.47 Å². The largest absolute Gasteiger partial charge is 0.323 e. The van der Waals surface area contributed by atoms with Crippen LogP contribution < -0.4 is 4.90 Å². The molecule has 156 valence electrons. The number of halogens is 2. The van der Waals surface area contributed by atoms with Crippen LogP contribution >= 0.6 is 23.2 Å². The molecular formula is C25H21Cl2N3O. The van der Waals surface area contributed by atoms with Crippen LogP contribution in [-0.4, -0.2) is 22.0 Å². The molecule has 1 aromatic heterocycles. The van der Waals surface area contributed by atoms with Gasteiger partial charge in [0.05, 0.1) is 21.1 Å². The Labute approximate surface area is 191 Å². The minimum Gasteiger partial charge on any atom is -0.323 e. The fourth-order valence-corrected chi connectivity index (χ4v) is 4.69. The Morgan fingerprint density at radius 3 is 2.58 bits per heavy atom. The molecule has 0 unspecified atom stereocenters. The highest BCUT2D eigenvalue weighted by atomic mass is 35.5. The lowest BCUT2D eigenvalue weighted by molar-refractivity contribution is -0.117. The maximum Gasteiger partial charge on any atom is 0.227 e. The minimum atomic E-state index is 0.0160. The number of benzene rings is 3. The number of fused-ring (bicyclic) bond motifs is 1. The van der Waals surface area contributed by atoms with Gasteiger partial charge in [-0.15, -0.1) is 0 Å².